The molecule has 0 saturated carbocycles. The maximum Gasteiger partial charge on any atom is 0.163 e. The second-order valence-corrected chi connectivity index (χ2v) is 2.36. The van der Waals surface area contributed by atoms with Crippen molar-refractivity contribution in [3.05, 3.63) is 11.3 Å². The van der Waals surface area contributed by atoms with Crippen LogP contribution in [0.4, 0.5) is 0 Å². The molecule has 0 spiro atoms. The number of rotatable bonds is 3. The Balaban J connectivity index is 0. The number of allylic oxidation sites excluding steroid dienone is 2. The van der Waals surface area contributed by atoms with E-state index in [9.17, 15) is 0 Å². The third-order valence-corrected chi connectivity index (χ3v) is 1.49. The van der Waals surface area contributed by atoms with Gasteiger partial charge in [-0.1, -0.05) is 32.4 Å². The molecule has 0 aromatic heterocycles. The maximum atomic E-state index is 7.07. The molecule has 0 heterocycles. The lowest BCUT2D eigenvalue weighted by Gasteiger charge is -2.05. The van der Waals surface area contributed by atoms with Crippen LogP contribution >= 0.6 is 11.6 Å². The van der Waals surface area contributed by atoms with Crippen LogP contribution in [0.15, 0.2) is 11.3 Å². The largest absolute Gasteiger partial charge is 0.494 e. The number of nitrogens with one attached hydrogen (secondary N) is 1. The molecule has 0 unspecified atom stereocenters. The highest BCUT2D eigenvalue weighted by Crippen LogP contribution is 2.11. The van der Waals surface area contributed by atoms with Crippen LogP contribution in [0.2, 0.25) is 0 Å². The molecule has 0 amide bonds. The van der Waals surface area contributed by atoms with Gasteiger partial charge >= 0.3 is 0 Å². The van der Waals surface area contributed by atoms with Gasteiger partial charge in [0.1, 0.15) is 0 Å². The monoisotopic (exact) mass is 191 g/mol. The van der Waals surface area contributed by atoms with Crippen molar-refractivity contribution in [1.82, 2.24) is 0 Å². The van der Waals surface area contributed by atoms with Crippen molar-refractivity contribution in [3.8, 4) is 0 Å². The molecule has 0 aromatic rings. The Morgan fingerprint density at radius 3 is 1.92 bits per heavy atom. The molecular weight excluding hydrogens is 174 g/mol. The molecule has 0 aromatic carbocycles. The summed E-state index contributed by atoms with van der Waals surface area (Å²) >= 11 is 5.42. The zero-order chi connectivity index (χ0) is 10.1. The van der Waals surface area contributed by atoms with E-state index in [-0.39, 0.29) is 5.17 Å². The first-order valence-electron chi connectivity index (χ1n) is 4.11. The van der Waals surface area contributed by atoms with Crippen molar-refractivity contribution in [3.63, 3.8) is 0 Å². The summed E-state index contributed by atoms with van der Waals surface area (Å²) in [5.74, 6) is 0.490. The Labute approximate surface area is 80.1 Å². The Kier molecular flexibility index (Phi) is 10.1. The second kappa shape index (κ2) is 8.60. The fourth-order valence-electron chi connectivity index (χ4n) is 0.612. The average Bonchev–Trinajstić information content (AvgIpc) is 2.08. The first-order chi connectivity index (χ1) is 5.63. The number of ether oxygens (including phenoxy) is 1. The molecule has 72 valence electrons. The zero-order valence-electron chi connectivity index (χ0n) is 8.49. The van der Waals surface area contributed by atoms with Crippen molar-refractivity contribution in [1.29, 1.82) is 5.41 Å². The van der Waals surface area contributed by atoms with E-state index in [1.54, 1.807) is 0 Å². The SMILES string of the molecule is CC.CC/C(C)=C(\OC)C(=N)Cl. The first-order valence-corrected chi connectivity index (χ1v) is 4.49. The smallest absolute Gasteiger partial charge is 0.163 e. The summed E-state index contributed by atoms with van der Waals surface area (Å²) in [5, 5.41) is 7.04. The van der Waals surface area contributed by atoms with Gasteiger partial charge in [-0.2, -0.15) is 0 Å². The molecule has 2 nitrogen and oxygen atoms in total. The maximum absolute atomic E-state index is 7.07. The van der Waals surface area contributed by atoms with Crippen LogP contribution in [-0.4, -0.2) is 12.3 Å². The van der Waals surface area contributed by atoms with Crippen molar-refractivity contribution in [2.45, 2.75) is 34.1 Å². The van der Waals surface area contributed by atoms with Crippen LogP contribution in [-0.2, 0) is 4.74 Å². The quantitative estimate of drug-likeness (QED) is 0.537. The van der Waals surface area contributed by atoms with Crippen LogP contribution in [0.3, 0.4) is 0 Å². The van der Waals surface area contributed by atoms with Crippen LogP contribution in [0.1, 0.15) is 34.1 Å². The lowest BCUT2D eigenvalue weighted by Crippen LogP contribution is -1.98. The predicted octanol–water partition coefficient (Wildman–Crippen LogP) is 3.56. The number of halogens is 1. The normalized spacial score (nSPS) is 10.8. The standard InChI is InChI=1S/C7H12ClNO.C2H6/c1-4-5(2)6(10-3)7(8)9;1-2/h9H,4H2,1-3H3;1-2H3/b6-5-,9-7?;. The molecule has 0 rings (SSSR count). The molecule has 0 radical (unpaired) electrons. The van der Waals surface area contributed by atoms with E-state index in [4.69, 9.17) is 21.7 Å². The summed E-state index contributed by atoms with van der Waals surface area (Å²) in [4.78, 5) is 0. The predicted molar refractivity (Wildman–Crippen MR) is 54.9 cm³/mol. The molecule has 0 atom stereocenters. The van der Waals surface area contributed by atoms with Crippen LogP contribution in [0, 0.1) is 5.41 Å². The highest BCUT2D eigenvalue weighted by atomic mass is 35.5. The molecule has 1 N–H and O–H groups in total. The molecule has 0 bridgehead atoms. The molecule has 0 aliphatic heterocycles. The highest BCUT2D eigenvalue weighted by Gasteiger charge is 2.04. The lowest BCUT2D eigenvalue weighted by molar-refractivity contribution is 0.310. The summed E-state index contributed by atoms with van der Waals surface area (Å²) < 4.78 is 4.89. The molecular formula is C9H18ClNO. The molecule has 0 saturated heterocycles. The van der Waals surface area contributed by atoms with Gasteiger partial charge in [0.15, 0.2) is 10.9 Å². The van der Waals surface area contributed by atoms with E-state index >= 15 is 0 Å². The zero-order valence-corrected chi connectivity index (χ0v) is 9.25. The number of hydrogen-bond acceptors (Lipinski definition) is 2. The van der Waals surface area contributed by atoms with Gasteiger partial charge < -0.3 is 4.74 Å². The van der Waals surface area contributed by atoms with Crippen LogP contribution < -0.4 is 0 Å². The van der Waals surface area contributed by atoms with Gasteiger partial charge in [-0.3, -0.25) is 5.41 Å². The van der Waals surface area contributed by atoms with E-state index in [0.717, 1.165) is 12.0 Å². The minimum absolute atomic E-state index is 0.0261. The topological polar surface area (TPSA) is 33.1 Å². The van der Waals surface area contributed by atoms with Gasteiger partial charge in [0.2, 0.25) is 0 Å². The van der Waals surface area contributed by atoms with Crippen LogP contribution in [0.5, 0.6) is 0 Å². The van der Waals surface area contributed by atoms with E-state index in [2.05, 4.69) is 0 Å². The molecule has 12 heavy (non-hydrogen) atoms. The molecule has 0 aliphatic rings. The van der Waals surface area contributed by atoms with Crippen molar-refractivity contribution >= 4 is 16.8 Å². The Hall–Kier alpha value is -0.500. The fourth-order valence-corrected chi connectivity index (χ4v) is 0.850. The Morgan fingerprint density at radius 2 is 1.83 bits per heavy atom. The van der Waals surface area contributed by atoms with Crippen molar-refractivity contribution in [2.24, 2.45) is 0 Å². The molecule has 0 fully saturated rings. The van der Waals surface area contributed by atoms with E-state index < -0.39 is 0 Å². The van der Waals surface area contributed by atoms with Gasteiger partial charge in [0.25, 0.3) is 0 Å². The fraction of sp³-hybridized carbons (Fsp3) is 0.667. The van der Waals surface area contributed by atoms with Gasteiger partial charge in [0, 0.05) is 0 Å². The highest BCUT2D eigenvalue weighted by molar-refractivity contribution is 6.68. The minimum atomic E-state index is -0.0261. The summed E-state index contributed by atoms with van der Waals surface area (Å²) in [7, 11) is 1.52. The van der Waals surface area contributed by atoms with Gasteiger partial charge in [0.05, 0.1) is 7.11 Å². The van der Waals surface area contributed by atoms with Crippen LogP contribution in [0.25, 0.3) is 0 Å². The molecule has 3 heteroatoms. The van der Waals surface area contributed by atoms with E-state index in [1.165, 1.54) is 7.11 Å². The first kappa shape index (κ1) is 14.0. The summed E-state index contributed by atoms with van der Waals surface area (Å²) in [5.41, 5.74) is 1.00. The Bertz CT molecular complexity index is 164. The third kappa shape index (κ3) is 5.19. The summed E-state index contributed by atoms with van der Waals surface area (Å²) in [6.45, 7) is 7.89. The average molecular weight is 192 g/mol. The second-order valence-electron chi connectivity index (χ2n) is 1.98. The number of methoxy groups -OCH3 is 1. The summed E-state index contributed by atoms with van der Waals surface area (Å²) in [6, 6.07) is 0. The lowest BCUT2D eigenvalue weighted by atomic mass is 10.2. The number of hydrogen-bond donors (Lipinski definition) is 1. The Morgan fingerprint density at radius 1 is 1.42 bits per heavy atom. The third-order valence-electron chi connectivity index (χ3n) is 1.32. The van der Waals surface area contributed by atoms with Gasteiger partial charge in [-0.05, 0) is 18.9 Å². The van der Waals surface area contributed by atoms with Gasteiger partial charge in [-0.25, -0.2) is 0 Å². The minimum Gasteiger partial charge on any atom is -0.494 e. The van der Waals surface area contributed by atoms with E-state index in [0.29, 0.717) is 5.76 Å². The molecule has 0 aliphatic carbocycles. The van der Waals surface area contributed by atoms with E-state index in [1.807, 2.05) is 27.7 Å². The van der Waals surface area contributed by atoms with Crippen molar-refractivity contribution < 1.29 is 4.74 Å². The van der Waals surface area contributed by atoms with Crippen molar-refractivity contribution in [2.75, 3.05) is 7.11 Å². The summed E-state index contributed by atoms with van der Waals surface area (Å²) in [6.07, 6.45) is 0.859. The van der Waals surface area contributed by atoms with Gasteiger partial charge in [-0.15, -0.1) is 0 Å².